The highest BCUT2D eigenvalue weighted by Crippen LogP contribution is 2.20. The summed E-state index contributed by atoms with van der Waals surface area (Å²) in [5, 5.41) is 2.62. The third-order valence-corrected chi connectivity index (χ3v) is 3.82. The van der Waals surface area contributed by atoms with Gasteiger partial charge in [-0.2, -0.15) is 0 Å². The van der Waals surface area contributed by atoms with E-state index in [4.69, 9.17) is 14.2 Å². The standard InChI is InChI=1S/C22H27NO5/c1-22(2,3)28-21(25)23-18(14-17-12-8-9-13-19(17)26-4)20(24)27-15-16-10-6-5-7-11-16/h5-13,18H,14-15H2,1-4H3,(H,23,25). The van der Waals surface area contributed by atoms with Gasteiger partial charge < -0.3 is 19.5 Å². The molecule has 1 unspecified atom stereocenters. The van der Waals surface area contributed by atoms with Crippen LogP contribution in [0.15, 0.2) is 54.6 Å². The molecule has 1 atom stereocenters. The molecule has 0 saturated heterocycles. The molecule has 0 saturated carbocycles. The van der Waals surface area contributed by atoms with Crippen LogP contribution in [0.1, 0.15) is 31.9 Å². The summed E-state index contributed by atoms with van der Waals surface area (Å²) in [4.78, 5) is 24.9. The Balaban J connectivity index is 2.12. The van der Waals surface area contributed by atoms with Crippen molar-refractivity contribution >= 4 is 12.1 Å². The second-order valence-electron chi connectivity index (χ2n) is 7.31. The lowest BCUT2D eigenvalue weighted by atomic mass is 10.0. The maximum Gasteiger partial charge on any atom is 0.408 e. The van der Waals surface area contributed by atoms with E-state index < -0.39 is 23.7 Å². The number of hydrogen-bond donors (Lipinski definition) is 1. The monoisotopic (exact) mass is 385 g/mol. The number of amides is 1. The number of benzene rings is 2. The average molecular weight is 385 g/mol. The zero-order chi connectivity index (χ0) is 20.6. The van der Waals surface area contributed by atoms with Crippen LogP contribution in [0, 0.1) is 0 Å². The lowest BCUT2D eigenvalue weighted by Crippen LogP contribution is -2.45. The van der Waals surface area contributed by atoms with E-state index in [1.165, 1.54) is 0 Å². The number of nitrogens with one attached hydrogen (secondary N) is 1. The highest BCUT2D eigenvalue weighted by atomic mass is 16.6. The Bertz CT molecular complexity index is 783. The smallest absolute Gasteiger partial charge is 0.408 e. The van der Waals surface area contributed by atoms with Gasteiger partial charge in [-0.05, 0) is 38.0 Å². The number of rotatable bonds is 7. The first-order valence-corrected chi connectivity index (χ1v) is 9.10. The summed E-state index contributed by atoms with van der Waals surface area (Å²) in [7, 11) is 1.56. The van der Waals surface area contributed by atoms with Gasteiger partial charge in [-0.1, -0.05) is 48.5 Å². The highest BCUT2D eigenvalue weighted by Gasteiger charge is 2.27. The lowest BCUT2D eigenvalue weighted by Gasteiger charge is -2.23. The van der Waals surface area contributed by atoms with Crippen LogP contribution >= 0.6 is 0 Å². The second kappa shape index (κ2) is 9.78. The van der Waals surface area contributed by atoms with Crippen LogP contribution < -0.4 is 10.1 Å². The summed E-state index contributed by atoms with van der Waals surface area (Å²) < 4.78 is 16.0. The van der Waals surface area contributed by atoms with Gasteiger partial charge in [0.2, 0.25) is 0 Å². The molecule has 0 fully saturated rings. The molecule has 6 heteroatoms. The zero-order valence-corrected chi connectivity index (χ0v) is 16.7. The molecule has 0 radical (unpaired) electrons. The van der Waals surface area contributed by atoms with E-state index >= 15 is 0 Å². The summed E-state index contributed by atoms with van der Waals surface area (Å²) in [6.07, 6.45) is -0.458. The van der Waals surface area contributed by atoms with Crippen LogP contribution in [0.5, 0.6) is 5.75 Å². The second-order valence-corrected chi connectivity index (χ2v) is 7.31. The summed E-state index contributed by atoms with van der Waals surface area (Å²) in [5.41, 5.74) is 0.972. The first-order chi connectivity index (χ1) is 13.3. The molecule has 6 nitrogen and oxygen atoms in total. The van der Waals surface area contributed by atoms with Gasteiger partial charge in [-0.25, -0.2) is 9.59 Å². The van der Waals surface area contributed by atoms with Crippen molar-refractivity contribution in [3.8, 4) is 5.75 Å². The van der Waals surface area contributed by atoms with Gasteiger partial charge in [-0.15, -0.1) is 0 Å². The van der Waals surface area contributed by atoms with Crippen molar-refractivity contribution in [1.29, 1.82) is 0 Å². The Morgan fingerprint density at radius 1 is 1.00 bits per heavy atom. The van der Waals surface area contributed by atoms with Crippen LogP contribution in [0.3, 0.4) is 0 Å². The molecular formula is C22H27NO5. The van der Waals surface area contributed by atoms with Gasteiger partial charge >= 0.3 is 12.1 Å². The maximum absolute atomic E-state index is 12.7. The van der Waals surface area contributed by atoms with Crippen LogP contribution in [-0.4, -0.2) is 30.8 Å². The van der Waals surface area contributed by atoms with E-state index in [1.54, 1.807) is 33.9 Å². The number of methoxy groups -OCH3 is 1. The van der Waals surface area contributed by atoms with Crippen LogP contribution in [0.25, 0.3) is 0 Å². The van der Waals surface area contributed by atoms with Crippen LogP contribution in [0.4, 0.5) is 4.79 Å². The third kappa shape index (κ3) is 6.95. The number of para-hydroxylation sites is 1. The first kappa shape index (κ1) is 21.3. The Kier molecular flexibility index (Phi) is 7.44. The number of carbonyl (C=O) groups is 2. The van der Waals surface area contributed by atoms with Gasteiger partial charge in [0.05, 0.1) is 7.11 Å². The minimum atomic E-state index is -0.908. The van der Waals surface area contributed by atoms with Crippen molar-refractivity contribution in [2.24, 2.45) is 0 Å². The maximum atomic E-state index is 12.7. The molecule has 0 heterocycles. The molecule has 2 aromatic rings. The normalized spacial score (nSPS) is 12.0. The van der Waals surface area contributed by atoms with Gasteiger partial charge in [0, 0.05) is 6.42 Å². The lowest BCUT2D eigenvalue weighted by molar-refractivity contribution is -0.147. The molecule has 0 bridgehead atoms. The van der Waals surface area contributed by atoms with Crippen LogP contribution in [0.2, 0.25) is 0 Å². The number of carbonyl (C=O) groups excluding carboxylic acids is 2. The highest BCUT2D eigenvalue weighted by molar-refractivity contribution is 5.82. The van der Waals surface area contributed by atoms with E-state index in [-0.39, 0.29) is 13.0 Å². The van der Waals surface area contributed by atoms with E-state index in [0.717, 1.165) is 11.1 Å². The summed E-state index contributed by atoms with van der Waals surface area (Å²) in [6, 6.07) is 15.8. The molecule has 2 rings (SSSR count). The summed E-state index contributed by atoms with van der Waals surface area (Å²) >= 11 is 0. The van der Waals surface area contributed by atoms with Crippen molar-refractivity contribution in [2.45, 2.75) is 45.4 Å². The van der Waals surface area contributed by atoms with E-state index in [0.29, 0.717) is 5.75 Å². The number of ether oxygens (including phenoxy) is 3. The molecule has 28 heavy (non-hydrogen) atoms. The Hall–Kier alpha value is -3.02. The molecule has 0 aliphatic heterocycles. The van der Waals surface area contributed by atoms with Gasteiger partial charge in [0.1, 0.15) is 24.0 Å². The first-order valence-electron chi connectivity index (χ1n) is 9.10. The molecule has 0 aliphatic rings. The van der Waals surface area contributed by atoms with Crippen molar-refractivity contribution in [3.63, 3.8) is 0 Å². The average Bonchev–Trinajstić information content (AvgIpc) is 2.65. The minimum absolute atomic E-state index is 0.123. The molecule has 0 aromatic heterocycles. The zero-order valence-electron chi connectivity index (χ0n) is 16.7. The molecule has 1 N–H and O–H groups in total. The fraction of sp³-hybridized carbons (Fsp3) is 0.364. The van der Waals surface area contributed by atoms with Crippen molar-refractivity contribution in [2.75, 3.05) is 7.11 Å². The fourth-order valence-corrected chi connectivity index (χ4v) is 2.56. The fourth-order valence-electron chi connectivity index (χ4n) is 2.56. The van der Waals surface area contributed by atoms with Crippen molar-refractivity contribution in [1.82, 2.24) is 5.32 Å². The summed E-state index contributed by atoms with van der Waals surface area (Å²) in [6.45, 7) is 5.40. The SMILES string of the molecule is COc1ccccc1CC(NC(=O)OC(C)(C)C)C(=O)OCc1ccccc1. The van der Waals surface area contributed by atoms with E-state index in [2.05, 4.69) is 5.32 Å². The largest absolute Gasteiger partial charge is 0.496 e. The Labute approximate surface area is 165 Å². The molecule has 1 amide bonds. The van der Waals surface area contributed by atoms with E-state index in [1.807, 2.05) is 48.5 Å². The Morgan fingerprint density at radius 2 is 1.64 bits per heavy atom. The molecular weight excluding hydrogens is 358 g/mol. The number of hydrogen-bond acceptors (Lipinski definition) is 5. The minimum Gasteiger partial charge on any atom is -0.496 e. The molecule has 150 valence electrons. The van der Waals surface area contributed by atoms with Crippen molar-refractivity contribution in [3.05, 3.63) is 65.7 Å². The van der Waals surface area contributed by atoms with Crippen LogP contribution in [-0.2, 0) is 27.3 Å². The Morgan fingerprint density at radius 3 is 2.29 bits per heavy atom. The predicted octanol–water partition coefficient (Wildman–Crippen LogP) is 3.87. The van der Waals surface area contributed by atoms with Gasteiger partial charge in [0.15, 0.2) is 0 Å². The van der Waals surface area contributed by atoms with E-state index in [9.17, 15) is 9.59 Å². The number of esters is 1. The predicted molar refractivity (Wildman–Crippen MR) is 106 cm³/mol. The number of alkyl carbamates (subject to hydrolysis) is 1. The third-order valence-electron chi connectivity index (χ3n) is 3.82. The molecule has 0 aliphatic carbocycles. The van der Waals surface area contributed by atoms with Gasteiger partial charge in [-0.3, -0.25) is 0 Å². The summed E-state index contributed by atoms with van der Waals surface area (Å²) in [5.74, 6) is 0.0926. The van der Waals surface area contributed by atoms with Crippen molar-refractivity contribution < 1.29 is 23.8 Å². The topological polar surface area (TPSA) is 73.9 Å². The van der Waals surface area contributed by atoms with Gasteiger partial charge in [0.25, 0.3) is 0 Å². The molecule has 0 spiro atoms. The quantitative estimate of drug-likeness (QED) is 0.733. The molecule has 2 aromatic carbocycles.